The van der Waals surface area contributed by atoms with Crippen LogP contribution in [0.2, 0.25) is 5.02 Å². The Morgan fingerprint density at radius 1 is 0.972 bits per heavy atom. The van der Waals surface area contributed by atoms with E-state index in [9.17, 15) is 18.0 Å². The molecule has 36 heavy (non-hydrogen) atoms. The lowest BCUT2D eigenvalue weighted by atomic mass is 10.1. The van der Waals surface area contributed by atoms with Crippen LogP contribution in [0.4, 0.5) is 5.69 Å². The second kappa shape index (κ2) is 11.6. The summed E-state index contributed by atoms with van der Waals surface area (Å²) >= 11 is 6.32. The van der Waals surface area contributed by atoms with Crippen molar-refractivity contribution in [1.82, 2.24) is 10.2 Å². The number of amides is 2. The Morgan fingerprint density at radius 2 is 1.61 bits per heavy atom. The number of carbonyl (C=O) groups excluding carboxylic acids is 2. The monoisotopic (exact) mass is 527 g/mol. The molecule has 0 heterocycles. The predicted octanol–water partition coefficient (Wildman–Crippen LogP) is 4.32. The molecule has 0 aliphatic heterocycles. The normalized spacial score (nSPS) is 12.0. The van der Waals surface area contributed by atoms with Crippen LogP contribution in [0.25, 0.3) is 0 Å². The third kappa shape index (κ3) is 6.25. The molecule has 3 aromatic carbocycles. The molecule has 0 radical (unpaired) electrons. The summed E-state index contributed by atoms with van der Waals surface area (Å²) in [5.41, 5.74) is 2.75. The topological polar surface area (TPSA) is 86.8 Å². The molecule has 0 aliphatic carbocycles. The Morgan fingerprint density at radius 3 is 2.19 bits per heavy atom. The molecule has 3 rings (SSSR count). The lowest BCUT2D eigenvalue weighted by Crippen LogP contribution is -2.50. The van der Waals surface area contributed by atoms with Crippen molar-refractivity contribution in [2.45, 2.75) is 38.3 Å². The van der Waals surface area contributed by atoms with E-state index in [1.54, 1.807) is 31.2 Å². The number of benzene rings is 3. The van der Waals surface area contributed by atoms with Gasteiger partial charge in [0.1, 0.15) is 12.6 Å². The number of nitrogens with zero attached hydrogens (tertiary/aromatic N) is 2. The molecule has 3 aromatic rings. The average molecular weight is 528 g/mol. The molecule has 1 N–H and O–H groups in total. The van der Waals surface area contributed by atoms with Crippen molar-refractivity contribution in [2.75, 3.05) is 17.9 Å². The van der Waals surface area contributed by atoms with Gasteiger partial charge in [0.15, 0.2) is 0 Å². The zero-order valence-electron chi connectivity index (χ0n) is 20.7. The van der Waals surface area contributed by atoms with E-state index in [2.05, 4.69) is 5.32 Å². The molecule has 0 aromatic heterocycles. The summed E-state index contributed by atoms with van der Waals surface area (Å²) in [5, 5.41) is 2.94. The van der Waals surface area contributed by atoms with E-state index in [4.69, 9.17) is 11.6 Å². The molecule has 1 atom stereocenters. The van der Waals surface area contributed by atoms with E-state index < -0.39 is 28.5 Å². The molecule has 9 heteroatoms. The van der Waals surface area contributed by atoms with Crippen LogP contribution in [-0.2, 0) is 26.2 Å². The maximum absolute atomic E-state index is 13.7. The van der Waals surface area contributed by atoms with Crippen LogP contribution in [0.15, 0.2) is 77.7 Å². The highest BCUT2D eigenvalue weighted by Crippen LogP contribution is 2.28. The van der Waals surface area contributed by atoms with Gasteiger partial charge in [-0.15, -0.1) is 0 Å². The molecular weight excluding hydrogens is 498 g/mol. The summed E-state index contributed by atoms with van der Waals surface area (Å²) in [5.74, 6) is -0.882. The van der Waals surface area contributed by atoms with Crippen molar-refractivity contribution >= 4 is 39.1 Å². The van der Waals surface area contributed by atoms with Gasteiger partial charge in [-0.2, -0.15) is 0 Å². The van der Waals surface area contributed by atoms with E-state index in [0.29, 0.717) is 5.02 Å². The molecule has 0 spiro atoms. The number of hydrogen-bond donors (Lipinski definition) is 1. The van der Waals surface area contributed by atoms with Gasteiger partial charge in [-0.05, 0) is 56.2 Å². The van der Waals surface area contributed by atoms with Crippen molar-refractivity contribution in [3.05, 3.63) is 94.5 Å². The summed E-state index contributed by atoms with van der Waals surface area (Å²) in [6.45, 7) is 4.91. The van der Waals surface area contributed by atoms with Gasteiger partial charge in [0, 0.05) is 18.6 Å². The highest BCUT2D eigenvalue weighted by atomic mass is 35.5. The molecule has 0 unspecified atom stereocenters. The number of aryl methyl sites for hydroxylation is 2. The minimum Gasteiger partial charge on any atom is -0.357 e. The minimum absolute atomic E-state index is 0.0477. The SMILES string of the molecule is CNC(=O)[C@@H](C)N(Cc1ccccc1)C(=O)CN(c1ccc(C)c(Cl)c1)S(=O)(=O)c1ccc(C)cc1. The van der Waals surface area contributed by atoms with Crippen molar-refractivity contribution in [3.8, 4) is 0 Å². The third-order valence-corrected chi connectivity index (χ3v) is 8.14. The molecule has 0 bridgehead atoms. The molecule has 0 aliphatic rings. The van der Waals surface area contributed by atoms with Crippen LogP contribution in [-0.4, -0.2) is 44.8 Å². The van der Waals surface area contributed by atoms with Crippen LogP contribution < -0.4 is 9.62 Å². The van der Waals surface area contributed by atoms with Crippen molar-refractivity contribution in [2.24, 2.45) is 0 Å². The second-order valence-corrected chi connectivity index (χ2v) is 10.8. The number of hydrogen-bond acceptors (Lipinski definition) is 4. The first kappa shape index (κ1) is 27.2. The Balaban J connectivity index is 2.05. The highest BCUT2D eigenvalue weighted by molar-refractivity contribution is 7.92. The Labute approximate surface area is 217 Å². The number of anilines is 1. The molecular formula is C27H30ClN3O4S. The summed E-state index contributed by atoms with van der Waals surface area (Å²) in [7, 11) is -2.63. The standard InChI is InChI=1S/C27H30ClN3O4S/c1-19-10-14-24(15-11-19)36(34,35)31(23-13-12-20(2)25(28)16-23)18-26(32)30(21(3)27(33)29-4)17-22-8-6-5-7-9-22/h5-16,21H,17-18H2,1-4H3,(H,29,33)/t21-/m1/s1. The number of carbonyl (C=O) groups is 2. The van der Waals surface area contributed by atoms with E-state index in [1.165, 1.54) is 30.1 Å². The van der Waals surface area contributed by atoms with Gasteiger partial charge in [0.25, 0.3) is 10.0 Å². The second-order valence-electron chi connectivity index (χ2n) is 8.56. The number of sulfonamides is 1. The average Bonchev–Trinajstić information content (AvgIpc) is 2.87. The molecule has 2 amide bonds. The molecule has 0 saturated heterocycles. The van der Waals surface area contributed by atoms with Gasteiger partial charge >= 0.3 is 0 Å². The lowest BCUT2D eigenvalue weighted by molar-refractivity contribution is -0.139. The summed E-state index contributed by atoms with van der Waals surface area (Å²) in [6.07, 6.45) is 0. The first-order chi connectivity index (χ1) is 17.0. The fourth-order valence-corrected chi connectivity index (χ4v) is 5.26. The minimum atomic E-state index is -4.13. The smallest absolute Gasteiger partial charge is 0.264 e. The van der Waals surface area contributed by atoms with Gasteiger partial charge in [-0.1, -0.05) is 65.7 Å². The van der Waals surface area contributed by atoms with Crippen molar-refractivity contribution < 1.29 is 18.0 Å². The van der Waals surface area contributed by atoms with E-state index in [-0.39, 0.29) is 23.0 Å². The first-order valence-corrected chi connectivity index (χ1v) is 13.3. The van der Waals surface area contributed by atoms with E-state index >= 15 is 0 Å². The molecule has 0 fully saturated rings. The highest BCUT2D eigenvalue weighted by Gasteiger charge is 2.32. The molecule has 0 saturated carbocycles. The van der Waals surface area contributed by atoms with Gasteiger partial charge in [0.05, 0.1) is 10.6 Å². The van der Waals surface area contributed by atoms with Gasteiger partial charge < -0.3 is 10.2 Å². The van der Waals surface area contributed by atoms with Gasteiger partial charge in [-0.25, -0.2) is 8.42 Å². The summed E-state index contributed by atoms with van der Waals surface area (Å²) in [6, 6.07) is 19.7. The number of rotatable bonds is 9. The number of nitrogens with one attached hydrogen (secondary N) is 1. The predicted molar refractivity (Wildman–Crippen MR) is 142 cm³/mol. The first-order valence-electron chi connectivity index (χ1n) is 11.4. The van der Waals surface area contributed by atoms with Crippen LogP contribution in [0, 0.1) is 13.8 Å². The maximum atomic E-state index is 13.7. The fraction of sp³-hybridized carbons (Fsp3) is 0.259. The fourth-order valence-electron chi connectivity index (χ4n) is 3.67. The van der Waals surface area contributed by atoms with Gasteiger partial charge in [0.2, 0.25) is 11.8 Å². The zero-order valence-corrected chi connectivity index (χ0v) is 22.3. The van der Waals surface area contributed by atoms with Crippen molar-refractivity contribution in [3.63, 3.8) is 0 Å². The van der Waals surface area contributed by atoms with Crippen LogP contribution in [0.5, 0.6) is 0 Å². The summed E-state index contributed by atoms with van der Waals surface area (Å²) < 4.78 is 28.5. The van der Waals surface area contributed by atoms with Crippen LogP contribution >= 0.6 is 11.6 Å². The lowest BCUT2D eigenvalue weighted by Gasteiger charge is -2.32. The van der Waals surface area contributed by atoms with Crippen LogP contribution in [0.3, 0.4) is 0 Å². The Hall–Kier alpha value is -3.36. The zero-order chi connectivity index (χ0) is 26.5. The number of likely N-dealkylation sites (N-methyl/N-ethyl adjacent to an activating group) is 1. The Kier molecular flexibility index (Phi) is 8.76. The largest absolute Gasteiger partial charge is 0.357 e. The van der Waals surface area contributed by atoms with Gasteiger partial charge in [-0.3, -0.25) is 13.9 Å². The summed E-state index contributed by atoms with van der Waals surface area (Å²) in [4.78, 5) is 27.6. The van der Waals surface area contributed by atoms with E-state index in [1.807, 2.05) is 44.2 Å². The number of halogens is 1. The molecule has 7 nitrogen and oxygen atoms in total. The quantitative estimate of drug-likeness (QED) is 0.449. The maximum Gasteiger partial charge on any atom is 0.264 e. The van der Waals surface area contributed by atoms with E-state index in [0.717, 1.165) is 21.0 Å². The third-order valence-electron chi connectivity index (χ3n) is 5.94. The molecule has 190 valence electrons. The van der Waals surface area contributed by atoms with Crippen molar-refractivity contribution in [1.29, 1.82) is 0 Å². The Bertz CT molecular complexity index is 1330. The van der Waals surface area contributed by atoms with Crippen LogP contribution in [0.1, 0.15) is 23.6 Å².